The van der Waals surface area contributed by atoms with Gasteiger partial charge in [-0.2, -0.15) is 0 Å². The zero-order valence-corrected chi connectivity index (χ0v) is 12.7. The second kappa shape index (κ2) is 8.02. The molecule has 0 aliphatic rings. The third kappa shape index (κ3) is 4.76. The van der Waals surface area contributed by atoms with Gasteiger partial charge in [-0.3, -0.25) is 9.59 Å². The van der Waals surface area contributed by atoms with Gasteiger partial charge in [-0.1, -0.05) is 13.0 Å². The summed E-state index contributed by atoms with van der Waals surface area (Å²) in [6.07, 6.45) is 0.0455. The minimum Gasteiger partial charge on any atom is -0.508 e. The first-order chi connectivity index (χ1) is 10.4. The van der Waals surface area contributed by atoms with Crippen LogP contribution in [0.5, 0.6) is 5.75 Å². The molecule has 0 unspecified atom stereocenters. The molecule has 22 heavy (non-hydrogen) atoms. The maximum absolute atomic E-state index is 12.1. The summed E-state index contributed by atoms with van der Waals surface area (Å²) in [7, 11) is 2.44. The molecule has 0 radical (unpaired) electrons. The number of phenols is 1. The topological polar surface area (TPSA) is 102 Å². The molecule has 0 aliphatic carbocycles. The normalized spacial score (nSPS) is 12.9. The van der Waals surface area contributed by atoms with Gasteiger partial charge in [0.05, 0.1) is 20.1 Å². The van der Waals surface area contributed by atoms with Gasteiger partial charge in [0.1, 0.15) is 11.8 Å². The van der Waals surface area contributed by atoms with Crippen LogP contribution >= 0.6 is 0 Å². The van der Waals surface area contributed by atoms with Gasteiger partial charge in [-0.05, 0) is 24.6 Å². The summed E-state index contributed by atoms with van der Waals surface area (Å²) in [4.78, 5) is 35.3. The van der Waals surface area contributed by atoms with Crippen LogP contribution in [0, 0.1) is 5.92 Å². The average Bonchev–Trinajstić information content (AvgIpc) is 2.52. The van der Waals surface area contributed by atoms with Gasteiger partial charge in [-0.25, -0.2) is 4.79 Å². The van der Waals surface area contributed by atoms with Crippen LogP contribution in [0.15, 0.2) is 24.3 Å². The monoisotopic (exact) mass is 309 g/mol. The highest BCUT2D eigenvalue weighted by Crippen LogP contribution is 2.13. The van der Waals surface area contributed by atoms with Gasteiger partial charge < -0.3 is 19.9 Å². The van der Waals surface area contributed by atoms with E-state index in [2.05, 4.69) is 14.8 Å². The molecule has 0 fully saturated rings. The molecule has 0 heterocycles. The van der Waals surface area contributed by atoms with Crippen molar-refractivity contribution in [3.63, 3.8) is 0 Å². The Morgan fingerprint density at radius 2 is 1.82 bits per heavy atom. The number of phenolic OH excluding ortho intramolecular Hbond substituents is 1. The van der Waals surface area contributed by atoms with Crippen LogP contribution < -0.4 is 5.32 Å². The molecule has 0 spiro atoms. The predicted octanol–water partition coefficient (Wildman–Crippen LogP) is 0.863. The van der Waals surface area contributed by atoms with Crippen molar-refractivity contribution >= 4 is 17.8 Å². The third-order valence-electron chi connectivity index (χ3n) is 3.09. The fourth-order valence-electron chi connectivity index (χ4n) is 1.90. The van der Waals surface area contributed by atoms with Crippen molar-refractivity contribution in [2.24, 2.45) is 5.92 Å². The van der Waals surface area contributed by atoms with Gasteiger partial charge in [0.25, 0.3) is 5.91 Å². The molecule has 0 aliphatic heterocycles. The molecular formula is C15H19NO6. The van der Waals surface area contributed by atoms with Crippen molar-refractivity contribution in [3.8, 4) is 5.75 Å². The average molecular weight is 309 g/mol. The van der Waals surface area contributed by atoms with E-state index in [9.17, 15) is 19.5 Å². The fraction of sp³-hybridized carbons (Fsp3) is 0.400. The molecule has 0 bridgehead atoms. The Hall–Kier alpha value is -2.57. The number of nitrogens with one attached hydrogen (secondary N) is 1. The molecule has 2 N–H and O–H groups in total. The first-order valence-electron chi connectivity index (χ1n) is 6.64. The molecular weight excluding hydrogens is 290 g/mol. The van der Waals surface area contributed by atoms with Crippen LogP contribution in [-0.4, -0.2) is 43.2 Å². The number of amides is 1. The van der Waals surface area contributed by atoms with Crippen LogP contribution in [0.2, 0.25) is 0 Å². The van der Waals surface area contributed by atoms with E-state index < -0.39 is 29.8 Å². The standard InChI is InChI=1S/C15H19NO6/c1-9(14(19)21-2)7-12(15(20)22-3)16-13(18)10-5-4-6-11(17)8-10/h4-6,8-9,12,17H,7H2,1-3H3,(H,16,18)/t9-,12-/m1/s1. The van der Waals surface area contributed by atoms with Gasteiger partial charge in [-0.15, -0.1) is 0 Å². The Kier molecular flexibility index (Phi) is 6.37. The minimum absolute atomic E-state index is 0.0455. The summed E-state index contributed by atoms with van der Waals surface area (Å²) in [5.41, 5.74) is 0.194. The Bertz CT molecular complexity index is 557. The summed E-state index contributed by atoms with van der Waals surface area (Å²) in [6, 6.07) is 4.71. The number of benzene rings is 1. The van der Waals surface area contributed by atoms with E-state index in [-0.39, 0.29) is 17.7 Å². The van der Waals surface area contributed by atoms with E-state index in [1.54, 1.807) is 6.92 Å². The molecule has 0 saturated heterocycles. The Labute approximate surface area is 128 Å². The molecule has 0 aromatic heterocycles. The summed E-state index contributed by atoms with van der Waals surface area (Å²) < 4.78 is 9.23. The number of rotatable bonds is 6. The maximum atomic E-state index is 12.1. The van der Waals surface area contributed by atoms with Crippen LogP contribution in [-0.2, 0) is 19.1 Å². The van der Waals surface area contributed by atoms with Crippen molar-refractivity contribution in [1.29, 1.82) is 0 Å². The van der Waals surface area contributed by atoms with E-state index in [4.69, 9.17) is 0 Å². The van der Waals surface area contributed by atoms with Crippen molar-refractivity contribution in [3.05, 3.63) is 29.8 Å². The van der Waals surface area contributed by atoms with Gasteiger partial charge in [0, 0.05) is 5.56 Å². The largest absolute Gasteiger partial charge is 0.508 e. The van der Waals surface area contributed by atoms with Gasteiger partial charge in [0.2, 0.25) is 0 Å². The van der Waals surface area contributed by atoms with E-state index in [1.807, 2.05) is 0 Å². The minimum atomic E-state index is -0.992. The molecule has 1 amide bonds. The SMILES string of the molecule is COC(=O)[C@H](C)C[C@@H](NC(=O)c1cccc(O)c1)C(=O)OC. The lowest BCUT2D eigenvalue weighted by molar-refractivity contribution is -0.147. The second-order valence-electron chi connectivity index (χ2n) is 4.76. The number of esters is 2. The molecule has 0 saturated carbocycles. The van der Waals surface area contributed by atoms with Crippen molar-refractivity contribution in [2.75, 3.05) is 14.2 Å². The molecule has 1 aromatic rings. The van der Waals surface area contributed by atoms with Gasteiger partial charge in [0.15, 0.2) is 0 Å². The number of aromatic hydroxyl groups is 1. The number of ether oxygens (including phenoxy) is 2. The van der Waals surface area contributed by atoms with Crippen LogP contribution in [0.1, 0.15) is 23.7 Å². The number of hydrogen-bond donors (Lipinski definition) is 2. The third-order valence-corrected chi connectivity index (χ3v) is 3.09. The zero-order chi connectivity index (χ0) is 16.7. The smallest absolute Gasteiger partial charge is 0.328 e. The first kappa shape index (κ1) is 17.5. The maximum Gasteiger partial charge on any atom is 0.328 e. The summed E-state index contributed by atoms with van der Waals surface area (Å²) >= 11 is 0. The molecule has 120 valence electrons. The van der Waals surface area contributed by atoms with E-state index in [0.717, 1.165) is 0 Å². The highest BCUT2D eigenvalue weighted by atomic mass is 16.5. The number of carbonyl (C=O) groups is 3. The van der Waals surface area contributed by atoms with Crippen LogP contribution in [0.3, 0.4) is 0 Å². The second-order valence-corrected chi connectivity index (χ2v) is 4.76. The lowest BCUT2D eigenvalue weighted by Crippen LogP contribution is -2.43. The quantitative estimate of drug-likeness (QED) is 0.756. The lowest BCUT2D eigenvalue weighted by Gasteiger charge is -2.19. The number of methoxy groups -OCH3 is 2. The lowest BCUT2D eigenvalue weighted by atomic mass is 10.0. The number of hydrogen-bond acceptors (Lipinski definition) is 6. The Morgan fingerprint density at radius 3 is 2.36 bits per heavy atom. The highest BCUT2D eigenvalue weighted by Gasteiger charge is 2.27. The Morgan fingerprint density at radius 1 is 1.18 bits per heavy atom. The van der Waals surface area contributed by atoms with Crippen molar-refractivity contribution < 1.29 is 29.0 Å². The molecule has 1 aromatic carbocycles. The van der Waals surface area contributed by atoms with Crippen molar-refractivity contribution in [2.45, 2.75) is 19.4 Å². The summed E-state index contributed by atoms with van der Waals surface area (Å²) in [5.74, 6) is -2.35. The van der Waals surface area contributed by atoms with E-state index >= 15 is 0 Å². The predicted molar refractivity (Wildman–Crippen MR) is 77.2 cm³/mol. The van der Waals surface area contributed by atoms with E-state index in [0.29, 0.717) is 0 Å². The van der Waals surface area contributed by atoms with Crippen LogP contribution in [0.4, 0.5) is 0 Å². The van der Waals surface area contributed by atoms with Crippen LogP contribution in [0.25, 0.3) is 0 Å². The molecule has 7 heteroatoms. The van der Waals surface area contributed by atoms with Crippen molar-refractivity contribution in [1.82, 2.24) is 5.32 Å². The summed E-state index contributed by atoms with van der Waals surface area (Å²) in [6.45, 7) is 1.59. The first-order valence-corrected chi connectivity index (χ1v) is 6.64. The molecule has 2 atom stereocenters. The molecule has 7 nitrogen and oxygen atoms in total. The highest BCUT2D eigenvalue weighted by molar-refractivity contribution is 5.97. The fourth-order valence-corrected chi connectivity index (χ4v) is 1.90. The zero-order valence-electron chi connectivity index (χ0n) is 12.7. The Balaban J connectivity index is 2.83. The molecule has 1 rings (SSSR count). The van der Waals surface area contributed by atoms with E-state index in [1.165, 1.54) is 38.5 Å². The number of carbonyl (C=O) groups excluding carboxylic acids is 3. The summed E-state index contributed by atoms with van der Waals surface area (Å²) in [5, 5.41) is 11.9. The van der Waals surface area contributed by atoms with Gasteiger partial charge >= 0.3 is 11.9 Å².